The van der Waals surface area contributed by atoms with Crippen LogP contribution >= 0.6 is 0 Å². The van der Waals surface area contributed by atoms with Crippen LogP contribution in [-0.4, -0.2) is 39.1 Å². The van der Waals surface area contributed by atoms with Gasteiger partial charge in [-0.1, -0.05) is 13.3 Å². The Morgan fingerprint density at radius 3 is 2.68 bits per heavy atom. The number of carbonyl (C=O) groups is 3. The minimum Gasteiger partial charge on any atom is -0.342 e. The van der Waals surface area contributed by atoms with E-state index in [1.54, 1.807) is 18.2 Å². The van der Waals surface area contributed by atoms with Gasteiger partial charge in [-0.15, -0.1) is 0 Å². The number of amides is 3. The Labute approximate surface area is 161 Å². The minimum atomic E-state index is -0.342. The first-order valence-electron chi connectivity index (χ1n) is 9.26. The summed E-state index contributed by atoms with van der Waals surface area (Å²) in [6.07, 6.45) is 1.65. The van der Waals surface area contributed by atoms with Crippen molar-refractivity contribution in [1.29, 1.82) is 0 Å². The number of rotatable bonds is 5. The second-order valence-corrected chi connectivity index (χ2v) is 6.88. The molecule has 2 heterocycles. The second-order valence-electron chi connectivity index (χ2n) is 6.88. The van der Waals surface area contributed by atoms with Crippen molar-refractivity contribution in [2.45, 2.75) is 26.7 Å². The lowest BCUT2D eigenvalue weighted by molar-refractivity contribution is 0.0652. The van der Waals surface area contributed by atoms with Crippen LogP contribution in [-0.2, 0) is 0 Å². The highest BCUT2D eigenvalue weighted by molar-refractivity contribution is 6.22. The number of H-pyrrole nitrogens is 1. The number of aryl methyl sites for hydroxylation is 1. The number of aromatic nitrogens is 2. The lowest BCUT2D eigenvalue weighted by Crippen LogP contribution is -2.30. The van der Waals surface area contributed by atoms with E-state index in [1.807, 2.05) is 26.0 Å². The molecule has 28 heavy (non-hydrogen) atoms. The average Bonchev–Trinajstić information content (AvgIpc) is 3.16. The third-order valence-corrected chi connectivity index (χ3v) is 4.83. The predicted octanol–water partition coefficient (Wildman–Crippen LogP) is 3.52. The van der Waals surface area contributed by atoms with Gasteiger partial charge >= 0.3 is 0 Å². The van der Waals surface area contributed by atoms with E-state index in [0.717, 1.165) is 29.7 Å². The average molecular weight is 376 g/mol. The van der Waals surface area contributed by atoms with Crippen molar-refractivity contribution < 1.29 is 14.4 Å². The van der Waals surface area contributed by atoms with Crippen LogP contribution in [0.1, 0.15) is 56.7 Å². The van der Waals surface area contributed by atoms with Crippen LogP contribution in [0, 0.1) is 6.92 Å². The third kappa shape index (κ3) is 3.05. The number of carbonyl (C=O) groups excluding carboxylic acids is 3. The Kier molecular flexibility index (Phi) is 4.43. The fourth-order valence-corrected chi connectivity index (χ4v) is 3.37. The number of nitrogens with zero attached hydrogens (tertiary/aromatic N) is 2. The summed E-state index contributed by atoms with van der Waals surface area (Å²) in [6, 6.07) is 10.0. The Balaban J connectivity index is 1.57. The maximum absolute atomic E-state index is 12.7. The van der Waals surface area contributed by atoms with Gasteiger partial charge in [0, 0.05) is 17.8 Å². The number of imidazole rings is 1. The Morgan fingerprint density at radius 2 is 1.89 bits per heavy atom. The van der Waals surface area contributed by atoms with E-state index >= 15 is 0 Å². The van der Waals surface area contributed by atoms with Gasteiger partial charge in [-0.05, 0) is 49.7 Å². The topological polar surface area (TPSA) is 95.2 Å². The highest BCUT2D eigenvalue weighted by Gasteiger charge is 2.35. The molecule has 2 N–H and O–H groups in total. The number of fused-ring (bicyclic) bond motifs is 2. The van der Waals surface area contributed by atoms with Crippen LogP contribution in [0.5, 0.6) is 0 Å². The predicted molar refractivity (Wildman–Crippen MR) is 106 cm³/mol. The molecule has 0 unspecified atom stereocenters. The number of nitrogens with one attached hydrogen (secondary N) is 2. The third-order valence-electron chi connectivity index (χ3n) is 4.83. The largest absolute Gasteiger partial charge is 0.342 e. The van der Waals surface area contributed by atoms with Crippen LogP contribution in [0.3, 0.4) is 0 Å². The van der Waals surface area contributed by atoms with Crippen LogP contribution in [0.4, 0.5) is 5.69 Å². The highest BCUT2D eigenvalue weighted by Crippen LogP contribution is 2.25. The van der Waals surface area contributed by atoms with Gasteiger partial charge in [0.05, 0.1) is 22.2 Å². The van der Waals surface area contributed by atoms with E-state index in [2.05, 4.69) is 15.3 Å². The molecule has 1 aliphatic heterocycles. The quantitative estimate of drug-likeness (QED) is 0.666. The van der Waals surface area contributed by atoms with Crippen molar-refractivity contribution in [2.75, 3.05) is 11.9 Å². The molecule has 0 aliphatic carbocycles. The SMILES string of the molecule is CCCCN1C(=O)c2ccc(C(=O)Nc3ccc4nc(C)[nH]c4c3)cc2C1=O. The zero-order chi connectivity index (χ0) is 19.8. The molecule has 4 rings (SSSR count). The van der Waals surface area contributed by atoms with Gasteiger partial charge in [0.1, 0.15) is 5.82 Å². The van der Waals surface area contributed by atoms with Gasteiger partial charge in [-0.3, -0.25) is 19.3 Å². The van der Waals surface area contributed by atoms with E-state index in [1.165, 1.54) is 11.0 Å². The normalized spacial score (nSPS) is 13.3. The van der Waals surface area contributed by atoms with Crippen molar-refractivity contribution in [1.82, 2.24) is 14.9 Å². The Morgan fingerprint density at radius 1 is 1.11 bits per heavy atom. The fraction of sp³-hybridized carbons (Fsp3) is 0.238. The lowest BCUT2D eigenvalue weighted by Gasteiger charge is -2.12. The van der Waals surface area contributed by atoms with Crippen LogP contribution in [0.2, 0.25) is 0 Å². The molecule has 7 heteroatoms. The van der Waals surface area contributed by atoms with Crippen molar-refractivity contribution in [3.05, 3.63) is 58.9 Å². The van der Waals surface area contributed by atoms with E-state index in [9.17, 15) is 14.4 Å². The van der Waals surface area contributed by atoms with Crippen molar-refractivity contribution in [3.63, 3.8) is 0 Å². The summed E-state index contributed by atoms with van der Waals surface area (Å²) >= 11 is 0. The molecule has 3 aromatic rings. The number of imide groups is 1. The minimum absolute atomic E-state index is 0.286. The van der Waals surface area contributed by atoms with E-state index in [0.29, 0.717) is 23.4 Å². The molecule has 142 valence electrons. The highest BCUT2D eigenvalue weighted by atomic mass is 16.2. The van der Waals surface area contributed by atoms with Crippen molar-refractivity contribution in [2.24, 2.45) is 0 Å². The molecule has 0 atom stereocenters. The van der Waals surface area contributed by atoms with E-state index in [-0.39, 0.29) is 23.3 Å². The number of hydrogen-bond donors (Lipinski definition) is 2. The van der Waals surface area contributed by atoms with E-state index in [4.69, 9.17) is 0 Å². The smallest absolute Gasteiger partial charge is 0.261 e. The molecule has 2 aromatic carbocycles. The molecule has 0 spiro atoms. The first-order valence-corrected chi connectivity index (χ1v) is 9.26. The molecule has 0 radical (unpaired) electrons. The van der Waals surface area contributed by atoms with Crippen LogP contribution in [0.25, 0.3) is 11.0 Å². The number of hydrogen-bond acceptors (Lipinski definition) is 4. The van der Waals surface area contributed by atoms with Gasteiger partial charge in [0.2, 0.25) is 0 Å². The number of unbranched alkanes of at least 4 members (excludes halogenated alkanes) is 1. The van der Waals surface area contributed by atoms with Crippen molar-refractivity contribution >= 4 is 34.4 Å². The summed E-state index contributed by atoms with van der Waals surface area (Å²) in [4.78, 5) is 46.3. The zero-order valence-electron chi connectivity index (χ0n) is 15.7. The Bertz CT molecular complexity index is 1120. The van der Waals surface area contributed by atoms with Gasteiger partial charge in [-0.2, -0.15) is 0 Å². The van der Waals surface area contributed by atoms with E-state index < -0.39 is 0 Å². The molecular formula is C21H20N4O3. The molecule has 1 aliphatic rings. The molecule has 0 bridgehead atoms. The second kappa shape index (κ2) is 6.92. The number of aromatic amines is 1. The van der Waals surface area contributed by atoms with Crippen LogP contribution < -0.4 is 5.32 Å². The molecular weight excluding hydrogens is 356 g/mol. The van der Waals surface area contributed by atoms with Gasteiger partial charge < -0.3 is 10.3 Å². The molecule has 3 amide bonds. The first kappa shape index (κ1) is 17.9. The lowest BCUT2D eigenvalue weighted by atomic mass is 10.1. The summed E-state index contributed by atoms with van der Waals surface area (Å²) < 4.78 is 0. The molecule has 1 aromatic heterocycles. The van der Waals surface area contributed by atoms with Gasteiger partial charge in [0.25, 0.3) is 17.7 Å². The van der Waals surface area contributed by atoms with Gasteiger partial charge in [0.15, 0.2) is 0 Å². The standard InChI is InChI=1S/C21H20N4O3/c1-3-4-9-25-20(27)15-7-5-13(10-16(15)21(25)28)19(26)24-14-6-8-17-18(11-14)23-12(2)22-17/h5-8,10-11H,3-4,9H2,1-2H3,(H,22,23)(H,24,26). The summed E-state index contributed by atoms with van der Waals surface area (Å²) in [5, 5.41) is 2.83. The van der Waals surface area contributed by atoms with Crippen molar-refractivity contribution in [3.8, 4) is 0 Å². The monoisotopic (exact) mass is 376 g/mol. The molecule has 0 saturated heterocycles. The molecule has 0 fully saturated rings. The fourth-order valence-electron chi connectivity index (χ4n) is 3.37. The molecule has 0 saturated carbocycles. The summed E-state index contributed by atoms with van der Waals surface area (Å²) in [7, 11) is 0. The summed E-state index contributed by atoms with van der Waals surface area (Å²) in [5.74, 6) is -0.170. The maximum Gasteiger partial charge on any atom is 0.261 e. The zero-order valence-corrected chi connectivity index (χ0v) is 15.7. The molecule has 7 nitrogen and oxygen atoms in total. The summed E-state index contributed by atoms with van der Waals surface area (Å²) in [6.45, 7) is 4.27. The van der Waals surface area contributed by atoms with Gasteiger partial charge in [-0.25, -0.2) is 4.98 Å². The summed E-state index contributed by atoms with van der Waals surface area (Å²) in [5.41, 5.74) is 3.24. The first-order chi connectivity index (χ1) is 13.5. The maximum atomic E-state index is 12.7. The van der Waals surface area contributed by atoms with Crippen LogP contribution in [0.15, 0.2) is 36.4 Å². The number of benzene rings is 2. The Hall–Kier alpha value is -3.48. The number of anilines is 1.